The van der Waals surface area contributed by atoms with Crippen molar-refractivity contribution >= 4 is 5.97 Å². The number of allylic oxidation sites excluding steroid dienone is 2. The molecule has 0 amide bonds. The van der Waals surface area contributed by atoms with Gasteiger partial charge in [0.15, 0.2) is 0 Å². The van der Waals surface area contributed by atoms with E-state index in [1.165, 1.54) is 5.56 Å². The van der Waals surface area contributed by atoms with Gasteiger partial charge in [0.25, 0.3) is 0 Å². The van der Waals surface area contributed by atoms with Crippen LogP contribution in [0.2, 0.25) is 0 Å². The van der Waals surface area contributed by atoms with Crippen molar-refractivity contribution in [3.05, 3.63) is 59.4 Å². The van der Waals surface area contributed by atoms with E-state index >= 15 is 0 Å². The minimum atomic E-state index is -0.208. The maximum atomic E-state index is 12.1. The summed E-state index contributed by atoms with van der Waals surface area (Å²) < 4.78 is 5.16. The Morgan fingerprint density at radius 2 is 2.00 bits per heavy atom. The third kappa shape index (κ3) is 3.10. The minimum Gasteiger partial charge on any atom is -0.463 e. The predicted octanol–water partition coefficient (Wildman–Crippen LogP) is 3.49. The van der Waals surface area contributed by atoms with E-state index in [1.807, 2.05) is 45.0 Å². The molecule has 1 atom stereocenters. The molecule has 0 fully saturated rings. The minimum absolute atomic E-state index is 0.0982. The van der Waals surface area contributed by atoms with Gasteiger partial charge in [-0.05, 0) is 19.4 Å². The lowest BCUT2D eigenvalue weighted by Crippen LogP contribution is -2.26. The van der Waals surface area contributed by atoms with Gasteiger partial charge in [-0.25, -0.2) is 4.79 Å². The second-order valence-corrected chi connectivity index (χ2v) is 4.96. The zero-order chi connectivity index (χ0) is 14.5. The molecular formula is C17H21NO2. The van der Waals surface area contributed by atoms with Crippen LogP contribution in [0.5, 0.6) is 0 Å². The second-order valence-electron chi connectivity index (χ2n) is 4.96. The lowest BCUT2D eigenvalue weighted by Gasteiger charge is -2.29. The molecule has 0 spiro atoms. The van der Waals surface area contributed by atoms with Crippen LogP contribution in [0.3, 0.4) is 0 Å². The number of esters is 1. The predicted molar refractivity (Wildman–Crippen MR) is 79.6 cm³/mol. The Balaban J connectivity index is 2.22. The van der Waals surface area contributed by atoms with Gasteiger partial charge in [0.1, 0.15) is 0 Å². The van der Waals surface area contributed by atoms with Gasteiger partial charge in [0.05, 0.1) is 12.2 Å². The van der Waals surface area contributed by atoms with Crippen LogP contribution in [0.15, 0.2) is 53.9 Å². The molecule has 0 aromatic heterocycles. The van der Waals surface area contributed by atoms with Gasteiger partial charge in [-0.1, -0.05) is 43.3 Å². The Morgan fingerprint density at radius 1 is 1.30 bits per heavy atom. The lowest BCUT2D eigenvalue weighted by atomic mass is 9.95. The van der Waals surface area contributed by atoms with Crippen LogP contribution in [0.4, 0.5) is 0 Å². The van der Waals surface area contributed by atoms with Crippen LogP contribution in [-0.4, -0.2) is 17.5 Å². The summed E-state index contributed by atoms with van der Waals surface area (Å²) in [7, 11) is 0. The molecular weight excluding hydrogens is 250 g/mol. The Morgan fingerprint density at radius 3 is 2.65 bits per heavy atom. The Hall–Kier alpha value is -2.03. The number of hydrogen-bond acceptors (Lipinski definition) is 3. The maximum absolute atomic E-state index is 12.1. The van der Waals surface area contributed by atoms with E-state index in [0.29, 0.717) is 6.61 Å². The van der Waals surface area contributed by atoms with E-state index in [2.05, 4.69) is 23.2 Å². The zero-order valence-corrected chi connectivity index (χ0v) is 12.3. The van der Waals surface area contributed by atoms with Gasteiger partial charge in [-0.2, -0.15) is 0 Å². The Labute approximate surface area is 120 Å². The van der Waals surface area contributed by atoms with Crippen LogP contribution in [-0.2, 0) is 16.1 Å². The average molecular weight is 271 g/mol. The second kappa shape index (κ2) is 6.42. The molecule has 20 heavy (non-hydrogen) atoms. The van der Waals surface area contributed by atoms with Crippen molar-refractivity contribution in [1.82, 2.24) is 4.90 Å². The van der Waals surface area contributed by atoms with Crippen LogP contribution >= 0.6 is 0 Å². The van der Waals surface area contributed by atoms with Crippen molar-refractivity contribution in [2.45, 2.75) is 27.3 Å². The molecule has 1 aromatic carbocycles. The molecule has 0 N–H and O–H groups in total. The molecule has 0 radical (unpaired) electrons. The first kappa shape index (κ1) is 14.4. The first-order valence-electron chi connectivity index (χ1n) is 7.00. The topological polar surface area (TPSA) is 29.5 Å². The van der Waals surface area contributed by atoms with Crippen molar-refractivity contribution in [2.24, 2.45) is 5.92 Å². The summed E-state index contributed by atoms with van der Waals surface area (Å²) >= 11 is 0. The monoisotopic (exact) mass is 271 g/mol. The van der Waals surface area contributed by atoms with Gasteiger partial charge in [-0.15, -0.1) is 0 Å². The van der Waals surface area contributed by atoms with Gasteiger partial charge in [0, 0.05) is 24.4 Å². The van der Waals surface area contributed by atoms with E-state index in [0.717, 1.165) is 17.8 Å². The molecule has 3 nitrogen and oxygen atoms in total. The van der Waals surface area contributed by atoms with Crippen molar-refractivity contribution in [1.29, 1.82) is 0 Å². The highest BCUT2D eigenvalue weighted by atomic mass is 16.5. The van der Waals surface area contributed by atoms with E-state index in [9.17, 15) is 4.79 Å². The molecule has 0 aliphatic carbocycles. The standard InChI is InChI=1S/C17H21NO2/c1-4-20-17(19)16-13(2)10-11-18(14(16)3)12-15-8-6-5-7-9-15/h5-11,13H,4,12H2,1-3H3. The summed E-state index contributed by atoms with van der Waals surface area (Å²) in [6.45, 7) is 7.00. The van der Waals surface area contributed by atoms with Gasteiger partial charge in [-0.3, -0.25) is 0 Å². The van der Waals surface area contributed by atoms with Crippen LogP contribution < -0.4 is 0 Å². The molecule has 1 aromatic rings. The summed E-state index contributed by atoms with van der Waals surface area (Å²) in [6.07, 6.45) is 4.10. The van der Waals surface area contributed by atoms with Gasteiger partial charge >= 0.3 is 5.97 Å². The highest BCUT2D eigenvalue weighted by molar-refractivity contribution is 5.90. The van der Waals surface area contributed by atoms with E-state index in [1.54, 1.807) is 0 Å². The third-order valence-corrected chi connectivity index (χ3v) is 3.52. The summed E-state index contributed by atoms with van der Waals surface area (Å²) in [5.74, 6) is -0.110. The number of carbonyl (C=O) groups excluding carboxylic acids is 1. The number of nitrogens with zero attached hydrogens (tertiary/aromatic N) is 1. The van der Waals surface area contributed by atoms with E-state index in [-0.39, 0.29) is 11.9 Å². The van der Waals surface area contributed by atoms with E-state index < -0.39 is 0 Å². The van der Waals surface area contributed by atoms with Crippen molar-refractivity contribution in [2.75, 3.05) is 6.61 Å². The van der Waals surface area contributed by atoms with Crippen molar-refractivity contribution < 1.29 is 9.53 Å². The van der Waals surface area contributed by atoms with Crippen LogP contribution in [0.1, 0.15) is 26.3 Å². The summed E-state index contributed by atoms with van der Waals surface area (Å²) in [4.78, 5) is 14.2. The first-order valence-corrected chi connectivity index (χ1v) is 7.00. The number of ether oxygens (including phenoxy) is 1. The molecule has 1 aliphatic rings. The van der Waals surface area contributed by atoms with Crippen molar-refractivity contribution in [3.63, 3.8) is 0 Å². The highest BCUT2D eigenvalue weighted by Crippen LogP contribution is 2.27. The van der Waals surface area contributed by atoms with Crippen LogP contribution in [0.25, 0.3) is 0 Å². The molecule has 0 saturated carbocycles. The smallest absolute Gasteiger partial charge is 0.336 e. The Bertz CT molecular complexity index is 531. The maximum Gasteiger partial charge on any atom is 0.336 e. The van der Waals surface area contributed by atoms with Crippen LogP contribution in [0, 0.1) is 5.92 Å². The third-order valence-electron chi connectivity index (χ3n) is 3.52. The number of carbonyl (C=O) groups is 1. The van der Waals surface area contributed by atoms with E-state index in [4.69, 9.17) is 4.74 Å². The fourth-order valence-corrected chi connectivity index (χ4v) is 2.42. The zero-order valence-electron chi connectivity index (χ0n) is 12.3. The molecule has 0 saturated heterocycles. The van der Waals surface area contributed by atoms with Crippen molar-refractivity contribution in [3.8, 4) is 0 Å². The van der Waals surface area contributed by atoms with Gasteiger partial charge in [0.2, 0.25) is 0 Å². The largest absolute Gasteiger partial charge is 0.463 e. The molecule has 3 heteroatoms. The first-order chi connectivity index (χ1) is 9.63. The summed E-state index contributed by atoms with van der Waals surface area (Å²) in [6, 6.07) is 10.2. The lowest BCUT2D eigenvalue weighted by molar-refractivity contribution is -0.139. The number of hydrogen-bond donors (Lipinski definition) is 0. The molecule has 0 bridgehead atoms. The molecule has 2 rings (SSSR count). The summed E-state index contributed by atoms with van der Waals surface area (Å²) in [5.41, 5.74) is 2.95. The SMILES string of the molecule is CCOC(=O)C1=C(C)N(Cc2ccccc2)C=CC1C. The number of benzene rings is 1. The van der Waals surface area contributed by atoms with Gasteiger partial charge < -0.3 is 9.64 Å². The fourth-order valence-electron chi connectivity index (χ4n) is 2.42. The molecule has 1 unspecified atom stereocenters. The Kier molecular flexibility index (Phi) is 4.61. The summed E-state index contributed by atoms with van der Waals surface area (Å²) in [5, 5.41) is 0. The molecule has 1 aliphatic heterocycles. The fraction of sp³-hybridized carbons (Fsp3) is 0.353. The number of rotatable bonds is 4. The quantitative estimate of drug-likeness (QED) is 0.785. The molecule has 106 valence electrons. The highest BCUT2D eigenvalue weighted by Gasteiger charge is 2.25. The average Bonchev–Trinajstić information content (AvgIpc) is 2.44. The molecule has 1 heterocycles. The normalized spacial score (nSPS) is 18.4.